The zero-order chi connectivity index (χ0) is 23.5. The average molecular weight is 468 g/mol. The SMILES string of the molecule is Cc1ccccc1Cn1nc(C)c(NC(=O)c2cc(COc3ccc(F)cc3F)cs2)c1C. The van der Waals surface area contributed by atoms with Crippen molar-refractivity contribution in [3.63, 3.8) is 0 Å². The first-order chi connectivity index (χ1) is 15.8. The van der Waals surface area contributed by atoms with Crippen LogP contribution in [0.15, 0.2) is 53.9 Å². The summed E-state index contributed by atoms with van der Waals surface area (Å²) in [4.78, 5) is 13.3. The van der Waals surface area contributed by atoms with Gasteiger partial charge in [-0.05, 0) is 55.5 Å². The highest BCUT2D eigenvalue weighted by atomic mass is 32.1. The highest BCUT2D eigenvalue weighted by Gasteiger charge is 2.17. The molecule has 0 saturated carbocycles. The van der Waals surface area contributed by atoms with Gasteiger partial charge in [-0.15, -0.1) is 11.3 Å². The first kappa shape index (κ1) is 22.7. The molecule has 0 radical (unpaired) electrons. The largest absolute Gasteiger partial charge is 0.486 e. The van der Waals surface area contributed by atoms with Gasteiger partial charge in [-0.2, -0.15) is 5.10 Å². The fourth-order valence-electron chi connectivity index (χ4n) is 3.48. The fraction of sp³-hybridized carbons (Fsp3) is 0.200. The molecular formula is C25H23F2N3O2S. The molecule has 4 rings (SSSR count). The van der Waals surface area contributed by atoms with Gasteiger partial charge in [0.2, 0.25) is 0 Å². The second kappa shape index (κ2) is 9.54. The van der Waals surface area contributed by atoms with E-state index < -0.39 is 11.6 Å². The van der Waals surface area contributed by atoms with Gasteiger partial charge in [-0.25, -0.2) is 8.78 Å². The smallest absolute Gasteiger partial charge is 0.265 e. The number of aryl methyl sites for hydroxylation is 2. The third-order valence-corrected chi connectivity index (χ3v) is 6.34. The maximum Gasteiger partial charge on any atom is 0.265 e. The van der Waals surface area contributed by atoms with Crippen LogP contribution in [0.4, 0.5) is 14.5 Å². The highest BCUT2D eigenvalue weighted by molar-refractivity contribution is 7.12. The maximum atomic E-state index is 13.7. The molecule has 0 saturated heterocycles. The summed E-state index contributed by atoms with van der Waals surface area (Å²) >= 11 is 1.27. The number of nitrogens with one attached hydrogen (secondary N) is 1. The van der Waals surface area contributed by atoms with E-state index in [0.29, 0.717) is 17.1 Å². The van der Waals surface area contributed by atoms with Crippen molar-refractivity contribution in [3.8, 4) is 5.75 Å². The lowest BCUT2D eigenvalue weighted by atomic mass is 10.1. The van der Waals surface area contributed by atoms with Crippen molar-refractivity contribution in [1.29, 1.82) is 0 Å². The molecule has 0 atom stereocenters. The molecule has 0 unspecified atom stereocenters. The first-order valence-electron chi connectivity index (χ1n) is 10.4. The van der Waals surface area contributed by atoms with Crippen LogP contribution < -0.4 is 10.1 Å². The van der Waals surface area contributed by atoms with Gasteiger partial charge in [0.1, 0.15) is 12.4 Å². The number of halogens is 2. The van der Waals surface area contributed by atoms with E-state index >= 15 is 0 Å². The summed E-state index contributed by atoms with van der Waals surface area (Å²) in [5.41, 5.74) is 5.37. The third kappa shape index (κ3) is 5.12. The lowest BCUT2D eigenvalue weighted by Gasteiger charge is -2.08. The number of anilines is 1. The molecular weight excluding hydrogens is 444 g/mol. The Balaban J connectivity index is 1.43. The van der Waals surface area contributed by atoms with Gasteiger partial charge in [0, 0.05) is 11.6 Å². The lowest BCUT2D eigenvalue weighted by Crippen LogP contribution is -2.12. The number of ether oxygens (including phenoxy) is 1. The maximum absolute atomic E-state index is 13.7. The van der Waals surface area contributed by atoms with Crippen molar-refractivity contribution < 1.29 is 18.3 Å². The Morgan fingerprint density at radius 3 is 2.67 bits per heavy atom. The summed E-state index contributed by atoms with van der Waals surface area (Å²) in [5.74, 6) is -1.72. The van der Waals surface area contributed by atoms with Gasteiger partial charge in [-0.1, -0.05) is 24.3 Å². The minimum atomic E-state index is -0.767. The summed E-state index contributed by atoms with van der Waals surface area (Å²) in [5, 5.41) is 9.34. The number of benzene rings is 2. The number of carbonyl (C=O) groups excluding carboxylic acids is 1. The van der Waals surface area contributed by atoms with E-state index in [2.05, 4.69) is 29.5 Å². The van der Waals surface area contributed by atoms with E-state index in [4.69, 9.17) is 4.74 Å². The Morgan fingerprint density at radius 2 is 1.91 bits per heavy atom. The van der Waals surface area contributed by atoms with E-state index in [-0.39, 0.29) is 18.3 Å². The molecule has 2 aromatic heterocycles. The molecule has 1 amide bonds. The monoisotopic (exact) mass is 467 g/mol. The zero-order valence-corrected chi connectivity index (χ0v) is 19.3. The van der Waals surface area contributed by atoms with Gasteiger partial charge < -0.3 is 10.1 Å². The summed E-state index contributed by atoms with van der Waals surface area (Å²) in [6.45, 7) is 6.54. The van der Waals surface area contributed by atoms with Crippen LogP contribution in [-0.2, 0) is 13.2 Å². The number of rotatable bonds is 7. The summed E-state index contributed by atoms with van der Waals surface area (Å²) < 4.78 is 34.1. The molecule has 4 aromatic rings. The molecule has 2 aromatic carbocycles. The number of hydrogen-bond donors (Lipinski definition) is 1. The van der Waals surface area contributed by atoms with Gasteiger partial charge >= 0.3 is 0 Å². The molecule has 0 fully saturated rings. The Labute approximate surface area is 194 Å². The molecule has 170 valence electrons. The molecule has 0 bridgehead atoms. The van der Waals surface area contributed by atoms with Crippen LogP contribution in [0, 0.1) is 32.4 Å². The molecule has 2 heterocycles. The number of thiophene rings is 1. The predicted molar refractivity (Wildman–Crippen MR) is 125 cm³/mol. The standard InChI is InChI=1S/C25H23F2N3O2S/c1-15-6-4-5-7-19(15)12-30-17(3)24(16(2)29-30)28-25(31)23-10-18(14-33-23)13-32-22-9-8-20(26)11-21(22)27/h4-11,14H,12-13H2,1-3H3,(H,28,31). The molecule has 0 aliphatic heterocycles. The molecule has 33 heavy (non-hydrogen) atoms. The fourth-order valence-corrected chi connectivity index (χ4v) is 4.27. The quantitative estimate of drug-likeness (QED) is 0.361. The number of aromatic nitrogens is 2. The lowest BCUT2D eigenvalue weighted by molar-refractivity contribution is 0.103. The second-order valence-electron chi connectivity index (χ2n) is 7.77. The van der Waals surface area contributed by atoms with Gasteiger partial charge in [0.15, 0.2) is 11.6 Å². The van der Waals surface area contributed by atoms with E-state index in [1.54, 1.807) is 11.4 Å². The number of carbonyl (C=O) groups is 1. The molecule has 0 aliphatic rings. The van der Waals surface area contributed by atoms with Crippen molar-refractivity contribution in [2.45, 2.75) is 33.9 Å². The average Bonchev–Trinajstić information content (AvgIpc) is 3.35. The van der Waals surface area contributed by atoms with Crippen LogP contribution >= 0.6 is 11.3 Å². The van der Waals surface area contributed by atoms with E-state index in [0.717, 1.165) is 29.1 Å². The van der Waals surface area contributed by atoms with Crippen molar-refractivity contribution in [2.24, 2.45) is 0 Å². The Bertz CT molecular complexity index is 1310. The van der Waals surface area contributed by atoms with Crippen LogP contribution in [0.2, 0.25) is 0 Å². The van der Waals surface area contributed by atoms with Crippen molar-refractivity contribution >= 4 is 22.9 Å². The third-order valence-electron chi connectivity index (χ3n) is 5.37. The van der Waals surface area contributed by atoms with Crippen LogP contribution in [0.5, 0.6) is 5.75 Å². The Kier molecular flexibility index (Phi) is 6.55. The zero-order valence-electron chi connectivity index (χ0n) is 18.5. The predicted octanol–water partition coefficient (Wildman–Crippen LogP) is 6.03. The number of hydrogen-bond acceptors (Lipinski definition) is 4. The topological polar surface area (TPSA) is 56.2 Å². The normalized spacial score (nSPS) is 10.9. The van der Waals surface area contributed by atoms with Crippen LogP contribution in [0.3, 0.4) is 0 Å². The van der Waals surface area contributed by atoms with Crippen molar-refractivity contribution in [1.82, 2.24) is 9.78 Å². The molecule has 0 aliphatic carbocycles. The van der Waals surface area contributed by atoms with Crippen LogP contribution in [0.25, 0.3) is 0 Å². The first-order valence-corrected chi connectivity index (χ1v) is 11.2. The Hall–Kier alpha value is -3.52. The van der Waals surface area contributed by atoms with Crippen molar-refractivity contribution in [2.75, 3.05) is 5.32 Å². The van der Waals surface area contributed by atoms with E-state index in [1.807, 2.05) is 30.7 Å². The minimum Gasteiger partial charge on any atom is -0.486 e. The summed E-state index contributed by atoms with van der Waals surface area (Å²) in [7, 11) is 0. The molecule has 0 spiro atoms. The summed E-state index contributed by atoms with van der Waals surface area (Å²) in [6.07, 6.45) is 0. The Morgan fingerprint density at radius 1 is 1.12 bits per heavy atom. The molecule has 8 heteroatoms. The van der Waals surface area contributed by atoms with Gasteiger partial charge in [-0.3, -0.25) is 9.48 Å². The van der Waals surface area contributed by atoms with Crippen LogP contribution in [0.1, 0.15) is 37.7 Å². The van der Waals surface area contributed by atoms with E-state index in [1.165, 1.54) is 28.5 Å². The number of nitrogens with zero attached hydrogens (tertiary/aromatic N) is 2. The van der Waals surface area contributed by atoms with Gasteiger partial charge in [0.05, 0.1) is 28.5 Å². The van der Waals surface area contributed by atoms with E-state index in [9.17, 15) is 13.6 Å². The highest BCUT2D eigenvalue weighted by Crippen LogP contribution is 2.25. The second-order valence-corrected chi connectivity index (χ2v) is 8.68. The molecule has 1 N–H and O–H groups in total. The van der Waals surface area contributed by atoms with Gasteiger partial charge in [0.25, 0.3) is 5.91 Å². The van der Waals surface area contributed by atoms with Crippen LogP contribution in [-0.4, -0.2) is 15.7 Å². The van der Waals surface area contributed by atoms with Crippen molar-refractivity contribution in [3.05, 3.63) is 98.5 Å². The minimum absolute atomic E-state index is 0.0408. The molecule has 5 nitrogen and oxygen atoms in total. The number of amides is 1. The summed E-state index contributed by atoms with van der Waals surface area (Å²) in [6, 6.07) is 13.0.